The van der Waals surface area contributed by atoms with Gasteiger partial charge in [0.25, 0.3) is 11.8 Å². The zero-order chi connectivity index (χ0) is 40.8. The highest BCUT2D eigenvalue weighted by Gasteiger charge is 2.55. The van der Waals surface area contributed by atoms with Gasteiger partial charge in [0, 0.05) is 15.7 Å². The van der Waals surface area contributed by atoms with Gasteiger partial charge in [-0.1, -0.05) is 36.4 Å². The maximum absolute atomic E-state index is 16.4. The summed E-state index contributed by atoms with van der Waals surface area (Å²) in [7, 11) is -3.11. The second-order valence-electron chi connectivity index (χ2n) is 13.2. The zero-order valence-corrected chi connectivity index (χ0v) is 32.5. The molecular weight excluding hydrogens is 840 g/mol. The van der Waals surface area contributed by atoms with Gasteiger partial charge in [-0.25, -0.2) is 38.7 Å². The molecule has 0 spiro atoms. The summed E-state index contributed by atoms with van der Waals surface area (Å²) >= 11 is 5.25. The first-order valence-electron chi connectivity index (χ1n) is 17.6. The number of hydrogen-bond acceptors (Lipinski definition) is 16. The summed E-state index contributed by atoms with van der Waals surface area (Å²) in [5.41, 5.74) is 1.09. The first kappa shape index (κ1) is 39.3. The normalized spacial score (nSPS) is 29.3. The Kier molecular flexibility index (Phi) is 10.7. The van der Waals surface area contributed by atoms with E-state index in [-0.39, 0.29) is 34.0 Å². The maximum Gasteiger partial charge on any atom is 0.697 e. The fourth-order valence-corrected chi connectivity index (χ4v) is 8.99. The van der Waals surface area contributed by atoms with Gasteiger partial charge in [-0.2, -0.15) is 0 Å². The fraction of sp³-hybridized carbons (Fsp3) is 0.294. The van der Waals surface area contributed by atoms with Crippen LogP contribution >= 0.6 is 15.0 Å². The molecule has 3 N–H and O–H groups in total. The van der Waals surface area contributed by atoms with Crippen LogP contribution in [0.3, 0.4) is 0 Å². The Hall–Kier alpha value is -5.19. The Morgan fingerprint density at radius 2 is 1.24 bits per heavy atom. The van der Waals surface area contributed by atoms with E-state index >= 15 is 8.78 Å². The number of nitrogens with zero attached hydrogens (tertiary/aromatic N) is 8. The third kappa shape index (κ3) is 7.73. The van der Waals surface area contributed by atoms with E-state index in [1.54, 1.807) is 60.7 Å². The van der Waals surface area contributed by atoms with Crippen molar-refractivity contribution in [2.24, 2.45) is 0 Å². The molecule has 304 valence electrons. The van der Waals surface area contributed by atoms with E-state index in [2.05, 4.69) is 40.5 Å². The number of ether oxygens (including phenoxy) is 2. The molecule has 20 nitrogen and oxygen atoms in total. The number of carbonyl (C=O) groups excluding carboxylic acids is 2. The van der Waals surface area contributed by atoms with E-state index in [0.717, 1.165) is 12.7 Å². The van der Waals surface area contributed by atoms with Crippen molar-refractivity contribution in [3.8, 4) is 0 Å². The molecule has 3 saturated heterocycles. The second kappa shape index (κ2) is 16.1. The number of nitrogens with one attached hydrogen (secondary N) is 2. The number of hydrogen-bond donors (Lipinski definition) is 3. The number of benzene rings is 2. The summed E-state index contributed by atoms with van der Waals surface area (Å²) in [6.45, 7) is -5.64. The number of aromatic nitrogens is 8. The average Bonchev–Trinajstić information content (AvgIpc) is 4.01. The van der Waals surface area contributed by atoms with Gasteiger partial charge in [0.1, 0.15) is 37.6 Å². The smallest absolute Gasteiger partial charge is 0.346 e. The molecule has 3 aliphatic heterocycles. The molecule has 6 aromatic rings. The average molecular weight is 870 g/mol. The highest BCUT2D eigenvalue weighted by atomic mass is 32.5. The predicted octanol–water partition coefficient (Wildman–Crippen LogP) is 4.33. The summed E-state index contributed by atoms with van der Waals surface area (Å²) in [5, 5.41) is 5.33. The Morgan fingerprint density at radius 1 is 0.746 bits per heavy atom. The van der Waals surface area contributed by atoms with E-state index in [9.17, 15) is 19.0 Å². The minimum atomic E-state index is -4.35. The van der Waals surface area contributed by atoms with Gasteiger partial charge in [0.2, 0.25) is 0 Å². The van der Waals surface area contributed by atoms with Crippen LogP contribution in [-0.2, 0) is 43.9 Å². The van der Waals surface area contributed by atoms with Crippen molar-refractivity contribution in [1.29, 1.82) is 0 Å². The first-order chi connectivity index (χ1) is 28.5. The van der Waals surface area contributed by atoms with Crippen LogP contribution in [0.4, 0.5) is 20.4 Å². The van der Waals surface area contributed by atoms with Crippen LogP contribution in [0.25, 0.3) is 22.3 Å². The van der Waals surface area contributed by atoms with Gasteiger partial charge in [-0.3, -0.25) is 23.2 Å². The molecule has 0 radical (unpaired) electrons. The van der Waals surface area contributed by atoms with Crippen molar-refractivity contribution in [3.05, 3.63) is 97.1 Å². The summed E-state index contributed by atoms with van der Waals surface area (Å²) in [5.74, 6) is -0.848. The number of halogens is 2. The van der Waals surface area contributed by atoms with Crippen LogP contribution in [0.5, 0.6) is 0 Å². The zero-order valence-electron chi connectivity index (χ0n) is 29.9. The van der Waals surface area contributed by atoms with E-state index < -0.39 is 89.2 Å². The van der Waals surface area contributed by atoms with Crippen LogP contribution in [0, 0.1) is 0 Å². The fourth-order valence-electron chi connectivity index (χ4n) is 6.77. The van der Waals surface area contributed by atoms with Crippen molar-refractivity contribution in [2.45, 2.75) is 49.2 Å². The molecule has 9 rings (SSSR count). The molecule has 59 heavy (non-hydrogen) atoms. The van der Waals surface area contributed by atoms with Gasteiger partial charge in [-0.05, 0) is 36.1 Å². The van der Waals surface area contributed by atoms with Crippen molar-refractivity contribution in [3.63, 3.8) is 0 Å². The Balaban J connectivity index is 0.921. The molecule has 2 amide bonds. The van der Waals surface area contributed by atoms with Crippen molar-refractivity contribution in [1.82, 2.24) is 39.0 Å². The molecule has 7 heterocycles. The topological polar surface area (TPSA) is 238 Å². The molecule has 3 fully saturated rings. The van der Waals surface area contributed by atoms with Crippen LogP contribution < -0.4 is 10.6 Å². The quantitative estimate of drug-likeness (QED) is 0.197. The molecule has 2 aromatic carbocycles. The number of alkyl halides is 2. The third-order valence-corrected chi connectivity index (χ3v) is 11.9. The summed E-state index contributed by atoms with van der Waals surface area (Å²) in [6, 6.07) is 16.7. The van der Waals surface area contributed by atoms with Gasteiger partial charge < -0.3 is 29.5 Å². The molecule has 3 aliphatic rings. The number of anilines is 2. The Labute approximate surface area is 336 Å². The van der Waals surface area contributed by atoms with Crippen LogP contribution in [0.2, 0.25) is 0 Å². The first-order valence-corrected chi connectivity index (χ1v) is 21.3. The van der Waals surface area contributed by atoms with Crippen LogP contribution in [-0.4, -0.2) is 106 Å². The largest absolute Gasteiger partial charge is 0.697 e. The lowest BCUT2D eigenvalue weighted by Gasteiger charge is -2.25. The minimum absolute atomic E-state index is 0.0447. The summed E-state index contributed by atoms with van der Waals surface area (Å²) in [6.07, 6.45) is -8.44. The predicted molar refractivity (Wildman–Crippen MR) is 203 cm³/mol. The molecule has 0 aliphatic carbocycles. The van der Waals surface area contributed by atoms with Crippen molar-refractivity contribution >= 4 is 72.6 Å². The minimum Gasteiger partial charge on any atom is -0.346 e. The SMILES string of the molecule is O=C(Nc1ncnc2c1ncn2[C@@H]1O[C@@H]2COP(O)(=S)O[C@H]3[C@@H](F)[C@H](n4cnc5c(NC(=O)c6ccccc6)ncnc54)O[C@@H]3CO[P+](=O)O[C@H]2[C@H]1F)c1ccccc1. The number of rotatable bonds is 6. The highest BCUT2D eigenvalue weighted by molar-refractivity contribution is 8.07. The van der Waals surface area contributed by atoms with Crippen molar-refractivity contribution < 1.29 is 55.4 Å². The van der Waals surface area contributed by atoms with Crippen molar-refractivity contribution in [2.75, 3.05) is 23.8 Å². The number of amides is 2. The van der Waals surface area contributed by atoms with Gasteiger partial charge >= 0.3 is 15.0 Å². The summed E-state index contributed by atoms with van der Waals surface area (Å²) in [4.78, 5) is 62.0. The van der Waals surface area contributed by atoms with Crippen LogP contribution in [0.15, 0.2) is 86.0 Å². The summed E-state index contributed by atoms with van der Waals surface area (Å²) < 4.78 is 82.5. The second-order valence-corrected chi connectivity index (χ2v) is 16.9. The molecule has 0 saturated carbocycles. The molecule has 10 atom stereocenters. The lowest BCUT2D eigenvalue weighted by molar-refractivity contribution is -0.0558. The molecule has 2 unspecified atom stereocenters. The number of fused-ring (bicyclic) bond motifs is 4. The molecular formula is C34H29F2N10O10P2S+. The third-order valence-electron chi connectivity index (χ3n) is 9.54. The van der Waals surface area contributed by atoms with Gasteiger partial charge in [-0.15, -0.1) is 9.05 Å². The Bertz CT molecular complexity index is 2620. The molecule has 25 heteroatoms. The lowest BCUT2D eigenvalue weighted by atomic mass is 10.1. The lowest BCUT2D eigenvalue weighted by Crippen LogP contribution is -2.36. The molecule has 0 bridgehead atoms. The van der Waals surface area contributed by atoms with E-state index in [0.29, 0.717) is 11.1 Å². The van der Waals surface area contributed by atoms with E-state index in [4.69, 9.17) is 39.4 Å². The van der Waals surface area contributed by atoms with Gasteiger partial charge in [0.05, 0.1) is 19.3 Å². The van der Waals surface area contributed by atoms with Gasteiger partial charge in [0.15, 0.2) is 64.9 Å². The highest BCUT2D eigenvalue weighted by Crippen LogP contribution is 2.52. The van der Waals surface area contributed by atoms with Crippen LogP contribution in [0.1, 0.15) is 33.2 Å². The number of imidazole rings is 2. The standard InChI is InChI=1S/C34H28F2N10O10P2S/c35-21-25-20(54-33(21)45-15-41-23-27(37-13-39-29(23)45)43-31(47)17-7-3-1-4-8-17)12-52-58(50,59)56-26-19(11-51-57(49)55-25)53-34(22(26)36)46-16-42-24-28(38-14-40-30(24)46)44-32(48)18-9-5-2-6-10-18/h1-10,13-16,19-22,25-26,33-34H,11-12H2,(H2-,37,38,39,40,43,44,47,48,50,59)/p+1/t19-,20-,21-,22-,25-,26-,33-,34-,58?/m1/s1. The molecule has 4 aromatic heterocycles. The Morgan fingerprint density at radius 3 is 1.76 bits per heavy atom. The maximum atomic E-state index is 16.4. The van der Waals surface area contributed by atoms with E-state index in [1.807, 2.05) is 0 Å². The monoisotopic (exact) mass is 869 g/mol. The number of carbonyl (C=O) groups is 2. The van der Waals surface area contributed by atoms with E-state index in [1.165, 1.54) is 21.8 Å².